The van der Waals surface area contributed by atoms with Crippen molar-refractivity contribution in [3.05, 3.63) is 42.9 Å². The summed E-state index contributed by atoms with van der Waals surface area (Å²) < 4.78 is 1.89. The summed E-state index contributed by atoms with van der Waals surface area (Å²) in [5, 5.41) is 4.33. The van der Waals surface area contributed by atoms with Gasteiger partial charge in [0.15, 0.2) is 0 Å². The Morgan fingerprint density at radius 1 is 1.10 bits per heavy atom. The van der Waals surface area contributed by atoms with E-state index in [-0.39, 0.29) is 0 Å². The van der Waals surface area contributed by atoms with Crippen molar-refractivity contribution < 1.29 is 4.79 Å². The van der Waals surface area contributed by atoms with Crippen LogP contribution in [0.15, 0.2) is 42.9 Å². The number of aldehydes is 1. The van der Waals surface area contributed by atoms with E-state index in [0.717, 1.165) is 48.0 Å². The van der Waals surface area contributed by atoms with Crippen molar-refractivity contribution >= 4 is 17.3 Å². The molecule has 0 bridgehead atoms. The minimum Gasteiger partial charge on any atom is -0.303 e. The fourth-order valence-corrected chi connectivity index (χ4v) is 2.22. The topological polar surface area (TPSA) is 60.7 Å². The Balaban J connectivity index is 1.76. The van der Waals surface area contributed by atoms with E-state index >= 15 is 0 Å². The van der Waals surface area contributed by atoms with Crippen LogP contribution >= 0.6 is 0 Å². The lowest BCUT2D eigenvalue weighted by Crippen LogP contribution is -1.98. The second-order valence-corrected chi connectivity index (χ2v) is 4.90. The summed E-state index contributed by atoms with van der Waals surface area (Å²) in [6, 6.07) is 7.81. The van der Waals surface area contributed by atoms with Gasteiger partial charge in [0.25, 0.3) is 0 Å². The van der Waals surface area contributed by atoms with E-state index in [1.165, 1.54) is 0 Å². The van der Waals surface area contributed by atoms with E-state index in [1.807, 2.05) is 35.1 Å². The molecule has 3 rings (SSSR count). The molecule has 0 saturated carbocycles. The van der Waals surface area contributed by atoms with Crippen LogP contribution in [0.1, 0.15) is 19.3 Å². The van der Waals surface area contributed by atoms with Gasteiger partial charge in [-0.15, -0.1) is 0 Å². The first-order chi connectivity index (χ1) is 10.4. The molecule has 106 valence electrons. The minimum absolute atomic E-state index is 0.615. The van der Waals surface area contributed by atoms with Gasteiger partial charge in [0, 0.05) is 24.7 Å². The highest BCUT2D eigenvalue weighted by Gasteiger charge is 2.05. The second-order valence-electron chi connectivity index (χ2n) is 4.90. The fraction of sp³-hybridized carbons (Fsp3) is 0.250. The Bertz CT molecular complexity index is 751. The van der Waals surface area contributed by atoms with Gasteiger partial charge >= 0.3 is 0 Å². The molecule has 2 aromatic heterocycles. The molecule has 0 atom stereocenters. The van der Waals surface area contributed by atoms with Crippen molar-refractivity contribution in [1.29, 1.82) is 0 Å². The molecule has 0 aliphatic rings. The van der Waals surface area contributed by atoms with Crippen molar-refractivity contribution in [3.8, 4) is 11.3 Å². The molecule has 5 nitrogen and oxygen atoms in total. The zero-order valence-corrected chi connectivity index (χ0v) is 11.6. The monoisotopic (exact) mass is 280 g/mol. The molecule has 21 heavy (non-hydrogen) atoms. The highest BCUT2D eigenvalue weighted by atomic mass is 16.1. The van der Waals surface area contributed by atoms with Crippen LogP contribution < -0.4 is 0 Å². The SMILES string of the molecule is O=CCCCCn1cc(-c2cnc3ccccc3n2)cn1. The lowest BCUT2D eigenvalue weighted by Gasteiger charge is -2.00. The molecule has 5 heteroatoms. The van der Waals surface area contributed by atoms with Gasteiger partial charge in [-0.3, -0.25) is 9.67 Å². The predicted octanol–water partition coefficient (Wildman–Crippen LogP) is 2.86. The zero-order chi connectivity index (χ0) is 14.5. The summed E-state index contributed by atoms with van der Waals surface area (Å²) in [5.41, 5.74) is 3.56. The maximum Gasteiger partial charge on any atom is 0.119 e. The van der Waals surface area contributed by atoms with Gasteiger partial charge in [-0.1, -0.05) is 12.1 Å². The lowest BCUT2D eigenvalue weighted by molar-refractivity contribution is -0.107. The molecule has 3 aromatic rings. The summed E-state index contributed by atoms with van der Waals surface area (Å²) in [6.45, 7) is 0.814. The average molecular weight is 280 g/mol. The molecule has 0 aliphatic heterocycles. The van der Waals surface area contributed by atoms with Crippen LogP contribution in [0.4, 0.5) is 0 Å². The van der Waals surface area contributed by atoms with Gasteiger partial charge in [0.1, 0.15) is 6.29 Å². The van der Waals surface area contributed by atoms with Gasteiger partial charge < -0.3 is 4.79 Å². The van der Waals surface area contributed by atoms with Gasteiger partial charge in [-0.2, -0.15) is 5.10 Å². The number of nitrogens with zero attached hydrogens (tertiary/aromatic N) is 4. The first-order valence-electron chi connectivity index (χ1n) is 7.05. The largest absolute Gasteiger partial charge is 0.303 e. The van der Waals surface area contributed by atoms with Crippen LogP contribution in [-0.4, -0.2) is 26.0 Å². The number of carbonyl (C=O) groups is 1. The van der Waals surface area contributed by atoms with Crippen LogP contribution in [0, 0.1) is 0 Å². The highest BCUT2D eigenvalue weighted by Crippen LogP contribution is 2.18. The Labute approximate surface area is 122 Å². The van der Waals surface area contributed by atoms with Crippen molar-refractivity contribution in [2.75, 3.05) is 0 Å². The average Bonchev–Trinajstić information content (AvgIpc) is 3.00. The van der Waals surface area contributed by atoms with E-state index in [4.69, 9.17) is 0 Å². The Morgan fingerprint density at radius 3 is 2.81 bits per heavy atom. The molecule has 0 fully saturated rings. The quantitative estimate of drug-likeness (QED) is 0.514. The number of hydrogen-bond donors (Lipinski definition) is 0. The Hall–Kier alpha value is -2.56. The van der Waals surface area contributed by atoms with Gasteiger partial charge in [0.2, 0.25) is 0 Å². The number of fused-ring (bicyclic) bond motifs is 1. The van der Waals surface area contributed by atoms with Crippen LogP contribution in [0.3, 0.4) is 0 Å². The molecular formula is C16H16N4O. The van der Waals surface area contributed by atoms with Crippen molar-refractivity contribution in [2.24, 2.45) is 0 Å². The second kappa shape index (κ2) is 6.26. The highest BCUT2D eigenvalue weighted by molar-refractivity contribution is 5.76. The number of aryl methyl sites for hydroxylation is 1. The molecule has 1 aromatic carbocycles. The molecule has 0 N–H and O–H groups in total. The number of para-hydroxylation sites is 2. The van der Waals surface area contributed by atoms with Gasteiger partial charge in [-0.05, 0) is 25.0 Å². The summed E-state index contributed by atoms with van der Waals surface area (Å²) in [5.74, 6) is 0. The van der Waals surface area contributed by atoms with E-state index < -0.39 is 0 Å². The summed E-state index contributed by atoms with van der Waals surface area (Å²) >= 11 is 0. The molecule has 0 saturated heterocycles. The number of carbonyl (C=O) groups excluding carboxylic acids is 1. The standard InChI is InChI=1S/C16H16N4O/c21-9-5-1-4-8-20-12-13(10-18-20)16-11-17-14-6-2-3-7-15(14)19-16/h2-3,6-7,9-12H,1,4-5,8H2. The van der Waals surface area contributed by atoms with Crippen molar-refractivity contribution in [2.45, 2.75) is 25.8 Å². The third-order valence-corrected chi connectivity index (χ3v) is 3.34. The van der Waals surface area contributed by atoms with Crippen LogP contribution in [0.2, 0.25) is 0 Å². The van der Waals surface area contributed by atoms with E-state index in [2.05, 4.69) is 15.1 Å². The molecule has 2 heterocycles. The molecular weight excluding hydrogens is 264 g/mol. The van der Waals surface area contributed by atoms with E-state index in [1.54, 1.807) is 12.4 Å². The fourth-order valence-electron chi connectivity index (χ4n) is 2.22. The Morgan fingerprint density at radius 2 is 1.95 bits per heavy atom. The number of rotatable bonds is 6. The van der Waals surface area contributed by atoms with Gasteiger partial charge in [0.05, 0.1) is 29.1 Å². The molecule has 0 radical (unpaired) electrons. The normalized spacial score (nSPS) is 10.9. The maximum absolute atomic E-state index is 10.3. The smallest absolute Gasteiger partial charge is 0.119 e. The molecule has 0 spiro atoms. The van der Waals surface area contributed by atoms with Crippen LogP contribution in [-0.2, 0) is 11.3 Å². The predicted molar refractivity (Wildman–Crippen MR) is 80.7 cm³/mol. The number of benzene rings is 1. The summed E-state index contributed by atoms with van der Waals surface area (Å²) in [4.78, 5) is 19.3. The number of hydrogen-bond acceptors (Lipinski definition) is 4. The molecule has 0 amide bonds. The number of aromatic nitrogens is 4. The van der Waals surface area contributed by atoms with E-state index in [9.17, 15) is 4.79 Å². The number of unbranched alkanes of at least 4 members (excludes halogenated alkanes) is 2. The van der Waals surface area contributed by atoms with Crippen LogP contribution in [0.5, 0.6) is 0 Å². The Kier molecular flexibility index (Phi) is 4.00. The third-order valence-electron chi connectivity index (χ3n) is 3.34. The first kappa shape index (κ1) is 13.4. The lowest BCUT2D eigenvalue weighted by atomic mass is 10.2. The summed E-state index contributed by atoms with van der Waals surface area (Å²) in [7, 11) is 0. The van der Waals surface area contributed by atoms with Crippen molar-refractivity contribution in [1.82, 2.24) is 19.7 Å². The van der Waals surface area contributed by atoms with Gasteiger partial charge in [-0.25, -0.2) is 4.98 Å². The van der Waals surface area contributed by atoms with Crippen LogP contribution in [0.25, 0.3) is 22.3 Å². The third kappa shape index (κ3) is 3.13. The molecule has 0 unspecified atom stereocenters. The minimum atomic E-state index is 0.615. The summed E-state index contributed by atoms with van der Waals surface area (Å²) in [6.07, 6.45) is 8.97. The van der Waals surface area contributed by atoms with Crippen molar-refractivity contribution in [3.63, 3.8) is 0 Å². The molecule has 0 aliphatic carbocycles. The zero-order valence-electron chi connectivity index (χ0n) is 11.6. The van der Waals surface area contributed by atoms with E-state index in [0.29, 0.717) is 6.42 Å². The maximum atomic E-state index is 10.3. The first-order valence-corrected chi connectivity index (χ1v) is 7.05.